The smallest absolute Gasteiger partial charge is 0.416 e. The van der Waals surface area contributed by atoms with E-state index in [-0.39, 0.29) is 30.8 Å². The summed E-state index contributed by atoms with van der Waals surface area (Å²) in [4.78, 5) is 20.6. The Hall–Kier alpha value is -4.52. The van der Waals surface area contributed by atoms with Crippen LogP contribution in [0.25, 0.3) is 11.1 Å². The van der Waals surface area contributed by atoms with Crippen LogP contribution in [0.4, 0.5) is 29.5 Å². The van der Waals surface area contributed by atoms with Crippen LogP contribution in [-0.2, 0) is 12.7 Å². The molecule has 4 aromatic rings. The molecule has 0 spiro atoms. The first-order valence-corrected chi connectivity index (χ1v) is 11.0. The fourth-order valence-electron chi connectivity index (χ4n) is 3.37. The van der Waals surface area contributed by atoms with Crippen LogP contribution in [0.5, 0.6) is 6.01 Å². The lowest BCUT2D eigenvalue weighted by molar-refractivity contribution is -0.754. The molecule has 2 amide bonds. The van der Waals surface area contributed by atoms with Gasteiger partial charge in [-0.2, -0.15) is 18.2 Å². The van der Waals surface area contributed by atoms with Crippen LogP contribution in [0.15, 0.2) is 65.4 Å². The van der Waals surface area contributed by atoms with Crippen molar-refractivity contribution in [2.24, 2.45) is 0 Å². The van der Waals surface area contributed by atoms with Crippen LogP contribution >= 0.6 is 0 Å². The van der Waals surface area contributed by atoms with Crippen molar-refractivity contribution in [3.63, 3.8) is 0 Å². The monoisotopic (exact) mass is 515 g/mol. The summed E-state index contributed by atoms with van der Waals surface area (Å²) in [6.07, 6.45) is -1.42. The molecule has 0 radical (unpaired) electrons. The first kappa shape index (κ1) is 25.6. The van der Waals surface area contributed by atoms with E-state index in [4.69, 9.17) is 14.4 Å². The minimum Gasteiger partial charge on any atom is -0.461 e. The first-order chi connectivity index (χ1) is 17.7. The molecule has 2 heterocycles. The van der Waals surface area contributed by atoms with Crippen molar-refractivity contribution in [2.75, 3.05) is 23.8 Å². The molecule has 4 rings (SSSR count). The third kappa shape index (κ3) is 6.79. The molecule has 0 aliphatic carbocycles. The van der Waals surface area contributed by atoms with Crippen molar-refractivity contribution >= 4 is 17.6 Å². The van der Waals surface area contributed by atoms with E-state index in [9.17, 15) is 18.0 Å². The van der Waals surface area contributed by atoms with Gasteiger partial charge >= 0.3 is 24.1 Å². The molecular formula is C24H22F3N6O4+. The van der Waals surface area contributed by atoms with Crippen molar-refractivity contribution in [1.82, 2.24) is 15.2 Å². The van der Waals surface area contributed by atoms with E-state index in [2.05, 4.69) is 25.9 Å². The number of aromatic nitrogens is 4. The molecule has 13 heteroatoms. The normalized spacial score (nSPS) is 11.3. The second kappa shape index (κ2) is 11.0. The topological polar surface area (TPSA) is 126 Å². The van der Waals surface area contributed by atoms with Gasteiger partial charge in [0.15, 0.2) is 0 Å². The average Bonchev–Trinajstić information content (AvgIpc) is 3.29. The largest absolute Gasteiger partial charge is 0.461 e. The van der Waals surface area contributed by atoms with Gasteiger partial charge < -0.3 is 15.2 Å². The molecule has 2 aromatic carbocycles. The molecule has 192 valence electrons. The molecule has 10 nitrogen and oxygen atoms in total. The van der Waals surface area contributed by atoms with Gasteiger partial charge in [0.05, 0.1) is 17.9 Å². The number of ether oxygens (including phenoxy) is 1. The van der Waals surface area contributed by atoms with Gasteiger partial charge in [0.1, 0.15) is 6.61 Å². The second-order valence-corrected chi connectivity index (χ2v) is 7.84. The summed E-state index contributed by atoms with van der Waals surface area (Å²) in [5.41, 5.74) is 2.45. The predicted octanol–water partition coefficient (Wildman–Crippen LogP) is 3.81. The number of rotatable bonds is 8. The maximum atomic E-state index is 12.8. The lowest BCUT2D eigenvalue weighted by Crippen LogP contribution is -2.35. The minimum absolute atomic E-state index is 0.0115. The molecule has 0 saturated heterocycles. The highest BCUT2D eigenvalue weighted by atomic mass is 19.4. The number of urea groups is 1. The Kier molecular flexibility index (Phi) is 7.63. The number of benzene rings is 2. The number of alkyl halides is 3. The predicted molar refractivity (Wildman–Crippen MR) is 125 cm³/mol. The van der Waals surface area contributed by atoms with Crippen molar-refractivity contribution in [2.45, 2.75) is 19.6 Å². The van der Waals surface area contributed by atoms with E-state index in [1.54, 1.807) is 6.20 Å². The molecule has 0 aliphatic rings. The Bertz CT molecular complexity index is 1380. The third-order valence-corrected chi connectivity index (χ3v) is 5.08. The molecule has 0 unspecified atom stereocenters. The number of aryl methyl sites for hydroxylation is 1. The highest BCUT2D eigenvalue weighted by molar-refractivity contribution is 5.98. The van der Waals surface area contributed by atoms with Gasteiger partial charge in [-0.05, 0) is 35.4 Å². The maximum Gasteiger partial charge on any atom is 0.416 e. The number of carbonyl (C=O) groups is 1. The lowest BCUT2D eigenvalue weighted by Gasteiger charge is -2.09. The Labute approximate surface area is 208 Å². The first-order valence-electron chi connectivity index (χ1n) is 11.0. The number of amides is 2. The van der Waals surface area contributed by atoms with Crippen molar-refractivity contribution in [1.29, 1.82) is 0 Å². The summed E-state index contributed by atoms with van der Waals surface area (Å²) in [5, 5.41) is 17.4. The zero-order valence-electron chi connectivity index (χ0n) is 19.5. The zero-order valence-corrected chi connectivity index (χ0v) is 19.5. The molecule has 3 N–H and O–H groups in total. The average molecular weight is 515 g/mol. The summed E-state index contributed by atoms with van der Waals surface area (Å²) in [7, 11) is 0. The molecule has 2 aromatic heterocycles. The molecule has 0 saturated carbocycles. The van der Waals surface area contributed by atoms with E-state index < -0.39 is 17.8 Å². The Morgan fingerprint density at radius 3 is 2.65 bits per heavy atom. The number of carbonyl (C=O) groups excluding carboxylic acids is 1. The summed E-state index contributed by atoms with van der Waals surface area (Å²) in [6, 6.07) is 11.3. The van der Waals surface area contributed by atoms with E-state index in [1.807, 2.05) is 31.2 Å². The van der Waals surface area contributed by atoms with E-state index in [1.165, 1.54) is 23.0 Å². The van der Waals surface area contributed by atoms with Gasteiger partial charge in [-0.15, -0.1) is 0 Å². The molecular weight excluding hydrogens is 493 g/mol. The molecule has 0 atom stereocenters. The molecule has 37 heavy (non-hydrogen) atoms. The van der Waals surface area contributed by atoms with Crippen molar-refractivity contribution in [3.05, 3.63) is 77.7 Å². The van der Waals surface area contributed by atoms with Crippen LogP contribution in [0.2, 0.25) is 0 Å². The number of nitrogens with zero attached hydrogens (tertiary/aromatic N) is 4. The number of anilines is 2. The number of aliphatic hydroxyl groups is 1. The van der Waals surface area contributed by atoms with Crippen molar-refractivity contribution < 1.29 is 37.0 Å². The van der Waals surface area contributed by atoms with Crippen molar-refractivity contribution in [3.8, 4) is 17.1 Å². The number of halogens is 3. The van der Waals surface area contributed by atoms with Crippen LogP contribution in [0.3, 0.4) is 0 Å². The van der Waals surface area contributed by atoms with Gasteiger partial charge in [-0.3, -0.25) is 9.84 Å². The van der Waals surface area contributed by atoms with Gasteiger partial charge in [0.2, 0.25) is 11.8 Å². The summed E-state index contributed by atoms with van der Waals surface area (Å²) in [6.45, 7) is 2.16. The van der Waals surface area contributed by atoms with E-state index in [0.29, 0.717) is 6.54 Å². The van der Waals surface area contributed by atoms with E-state index in [0.717, 1.165) is 34.5 Å². The number of hydrogen-bond donors (Lipinski definition) is 3. The number of nitrogens with one attached hydrogen (secondary N) is 2. The highest BCUT2D eigenvalue weighted by Gasteiger charge is 2.30. The van der Waals surface area contributed by atoms with Gasteiger partial charge in [-0.1, -0.05) is 30.3 Å². The molecule has 0 aliphatic heterocycles. The van der Waals surface area contributed by atoms with Crippen LogP contribution in [0.1, 0.15) is 16.8 Å². The van der Waals surface area contributed by atoms with Gasteiger partial charge in [0, 0.05) is 23.0 Å². The standard InChI is InChI=1S/C24H21F3N6O4/c1-15-20(12-28-23(29-15)36-10-9-34)17-7-5-16(6-8-17)13-33-14-21(37-32-33)31-22(35)30-19-4-2-3-18(11-19)24(25,26)27/h2-8,11-12,14,34H,9-10,13H2,1H3,(H-,30,31,32,35)/p+1. The highest BCUT2D eigenvalue weighted by Crippen LogP contribution is 2.30. The number of aliphatic hydroxyl groups excluding tert-OH is 1. The fraction of sp³-hybridized carbons (Fsp3) is 0.208. The van der Waals surface area contributed by atoms with Crippen LogP contribution in [0, 0.1) is 6.92 Å². The van der Waals surface area contributed by atoms with Gasteiger partial charge in [0.25, 0.3) is 6.20 Å². The zero-order chi connectivity index (χ0) is 26.4. The van der Waals surface area contributed by atoms with Crippen LogP contribution < -0.4 is 20.1 Å². The Morgan fingerprint density at radius 1 is 1.16 bits per heavy atom. The molecule has 0 bridgehead atoms. The van der Waals surface area contributed by atoms with E-state index >= 15 is 0 Å². The van der Waals surface area contributed by atoms with Crippen LogP contribution in [-0.4, -0.2) is 39.6 Å². The SMILES string of the molecule is Cc1nc(OCCO)ncc1-c1ccc(C[n+]2cc(NC(=O)Nc3cccc(C(F)(F)F)c3)on2)cc1. The lowest BCUT2D eigenvalue weighted by atomic mass is 10.0. The quantitative estimate of drug-likeness (QED) is 0.305. The Balaban J connectivity index is 1.35. The Morgan fingerprint density at radius 2 is 1.95 bits per heavy atom. The molecule has 0 fully saturated rings. The third-order valence-electron chi connectivity index (χ3n) is 5.08. The second-order valence-electron chi connectivity index (χ2n) is 7.84. The summed E-state index contributed by atoms with van der Waals surface area (Å²) in [5.74, 6) is 0.0115. The fourth-order valence-corrected chi connectivity index (χ4v) is 3.37. The summed E-state index contributed by atoms with van der Waals surface area (Å²) >= 11 is 0. The van der Waals surface area contributed by atoms with Gasteiger partial charge in [-0.25, -0.2) is 9.78 Å². The summed E-state index contributed by atoms with van der Waals surface area (Å²) < 4.78 is 50.3. The maximum absolute atomic E-state index is 12.8. The number of hydrogen-bond acceptors (Lipinski definition) is 7. The minimum atomic E-state index is -4.52.